The maximum Gasteiger partial charge on any atom is 0.125 e. The molecule has 3 nitrogen and oxygen atoms in total. The lowest BCUT2D eigenvalue weighted by Crippen LogP contribution is -2.04. The molecule has 0 saturated carbocycles. The number of hydrogen-bond acceptors (Lipinski definition) is 2. The monoisotopic (exact) mass is 311 g/mol. The first kappa shape index (κ1) is 15.7. The Labute approximate surface area is 136 Å². The van der Waals surface area contributed by atoms with E-state index in [1.807, 2.05) is 0 Å². The first-order chi connectivity index (χ1) is 11.2. The minimum absolute atomic E-state index is 0.236. The first-order valence-corrected chi connectivity index (χ1v) is 8.19. The van der Waals surface area contributed by atoms with Crippen molar-refractivity contribution >= 4 is 11.0 Å². The third-order valence-electron chi connectivity index (χ3n) is 4.07. The van der Waals surface area contributed by atoms with E-state index < -0.39 is 0 Å². The molecule has 0 aliphatic heterocycles. The zero-order valence-electron chi connectivity index (χ0n) is 13.4. The SMILES string of the molecule is CCCCc1nc2ccc(F)cc2n1-c1ccc(CCN)cc1. The number of nitrogens with zero attached hydrogens (tertiary/aromatic N) is 2. The topological polar surface area (TPSA) is 43.8 Å². The molecule has 120 valence electrons. The minimum Gasteiger partial charge on any atom is -0.330 e. The molecule has 3 rings (SSSR count). The van der Waals surface area contributed by atoms with Gasteiger partial charge in [-0.05, 0) is 49.2 Å². The fourth-order valence-electron chi connectivity index (χ4n) is 2.87. The van der Waals surface area contributed by atoms with Crippen molar-refractivity contribution < 1.29 is 4.39 Å². The van der Waals surface area contributed by atoms with Gasteiger partial charge in [-0.1, -0.05) is 25.5 Å². The quantitative estimate of drug-likeness (QED) is 0.747. The number of rotatable bonds is 6. The average molecular weight is 311 g/mol. The van der Waals surface area contributed by atoms with Crippen molar-refractivity contribution in [3.8, 4) is 5.69 Å². The van der Waals surface area contributed by atoms with Crippen molar-refractivity contribution in [1.29, 1.82) is 0 Å². The van der Waals surface area contributed by atoms with Crippen LogP contribution in [0.4, 0.5) is 4.39 Å². The van der Waals surface area contributed by atoms with Gasteiger partial charge in [0.25, 0.3) is 0 Å². The highest BCUT2D eigenvalue weighted by Gasteiger charge is 2.13. The lowest BCUT2D eigenvalue weighted by Gasteiger charge is -2.10. The van der Waals surface area contributed by atoms with E-state index in [0.717, 1.165) is 48.2 Å². The third-order valence-corrected chi connectivity index (χ3v) is 4.07. The summed E-state index contributed by atoms with van der Waals surface area (Å²) < 4.78 is 15.8. The van der Waals surface area contributed by atoms with Crippen molar-refractivity contribution in [1.82, 2.24) is 9.55 Å². The van der Waals surface area contributed by atoms with Crippen LogP contribution in [0.25, 0.3) is 16.7 Å². The van der Waals surface area contributed by atoms with E-state index in [-0.39, 0.29) is 5.82 Å². The molecule has 0 spiro atoms. The number of aryl methyl sites for hydroxylation is 1. The summed E-state index contributed by atoms with van der Waals surface area (Å²) >= 11 is 0. The molecule has 3 aromatic rings. The normalized spacial score (nSPS) is 11.3. The van der Waals surface area contributed by atoms with Crippen molar-refractivity contribution in [3.05, 3.63) is 59.7 Å². The Bertz CT molecular complexity index is 790. The van der Waals surface area contributed by atoms with Gasteiger partial charge in [0, 0.05) is 18.2 Å². The standard InChI is InChI=1S/C19H22FN3/c1-2-3-4-19-22-17-10-7-15(20)13-18(17)23(19)16-8-5-14(6-9-16)11-12-21/h5-10,13H,2-4,11-12,21H2,1H3. The van der Waals surface area contributed by atoms with Crippen LogP contribution in [0.2, 0.25) is 0 Å². The molecular weight excluding hydrogens is 289 g/mol. The zero-order valence-corrected chi connectivity index (χ0v) is 13.4. The number of hydrogen-bond donors (Lipinski definition) is 1. The van der Waals surface area contributed by atoms with Crippen molar-refractivity contribution in [2.45, 2.75) is 32.6 Å². The van der Waals surface area contributed by atoms with Crippen molar-refractivity contribution in [3.63, 3.8) is 0 Å². The Morgan fingerprint density at radius 2 is 1.87 bits per heavy atom. The third kappa shape index (κ3) is 3.27. The molecule has 0 unspecified atom stereocenters. The summed E-state index contributed by atoms with van der Waals surface area (Å²) in [5, 5.41) is 0. The molecule has 2 N–H and O–H groups in total. The van der Waals surface area contributed by atoms with E-state index in [4.69, 9.17) is 10.7 Å². The van der Waals surface area contributed by atoms with Crippen LogP contribution >= 0.6 is 0 Å². The smallest absolute Gasteiger partial charge is 0.125 e. The van der Waals surface area contributed by atoms with Crippen LogP contribution in [0.3, 0.4) is 0 Å². The summed E-state index contributed by atoms with van der Waals surface area (Å²) in [5.74, 6) is 0.750. The van der Waals surface area contributed by atoms with Crippen LogP contribution in [0.1, 0.15) is 31.2 Å². The van der Waals surface area contributed by atoms with Crippen molar-refractivity contribution in [2.75, 3.05) is 6.54 Å². The number of imidazole rings is 1. The highest BCUT2D eigenvalue weighted by Crippen LogP contribution is 2.24. The Morgan fingerprint density at radius 1 is 1.09 bits per heavy atom. The van der Waals surface area contributed by atoms with Gasteiger partial charge in [0.2, 0.25) is 0 Å². The minimum atomic E-state index is -0.236. The molecule has 0 bridgehead atoms. The van der Waals surface area contributed by atoms with E-state index in [9.17, 15) is 4.39 Å². The summed E-state index contributed by atoms with van der Waals surface area (Å²) in [7, 11) is 0. The summed E-state index contributed by atoms with van der Waals surface area (Å²) in [5.41, 5.74) is 9.49. The van der Waals surface area contributed by atoms with Crippen LogP contribution < -0.4 is 5.73 Å². The second-order valence-corrected chi connectivity index (χ2v) is 5.81. The Kier molecular flexibility index (Phi) is 4.72. The Balaban J connectivity index is 2.10. The number of aromatic nitrogens is 2. The molecule has 0 aliphatic carbocycles. The predicted molar refractivity (Wildman–Crippen MR) is 92.4 cm³/mol. The number of benzene rings is 2. The van der Waals surface area contributed by atoms with Gasteiger partial charge in [-0.15, -0.1) is 0 Å². The van der Waals surface area contributed by atoms with E-state index >= 15 is 0 Å². The van der Waals surface area contributed by atoms with Gasteiger partial charge in [-0.25, -0.2) is 9.37 Å². The molecule has 0 amide bonds. The second kappa shape index (κ2) is 6.92. The maximum absolute atomic E-state index is 13.7. The fourth-order valence-corrected chi connectivity index (χ4v) is 2.87. The second-order valence-electron chi connectivity index (χ2n) is 5.81. The average Bonchev–Trinajstić information content (AvgIpc) is 2.91. The molecule has 1 heterocycles. The number of nitrogens with two attached hydrogens (primary N) is 1. The fraction of sp³-hybridized carbons (Fsp3) is 0.316. The van der Waals surface area contributed by atoms with Gasteiger partial charge in [-0.2, -0.15) is 0 Å². The summed E-state index contributed by atoms with van der Waals surface area (Å²) in [6.45, 7) is 2.80. The van der Waals surface area contributed by atoms with Gasteiger partial charge in [-0.3, -0.25) is 4.57 Å². The van der Waals surface area contributed by atoms with Gasteiger partial charge in [0.15, 0.2) is 0 Å². The summed E-state index contributed by atoms with van der Waals surface area (Å²) in [6.07, 6.45) is 3.92. The molecule has 4 heteroatoms. The molecule has 0 atom stereocenters. The van der Waals surface area contributed by atoms with E-state index in [2.05, 4.69) is 35.8 Å². The molecule has 0 fully saturated rings. The molecule has 0 radical (unpaired) electrons. The predicted octanol–water partition coefficient (Wildman–Crippen LogP) is 4.01. The van der Waals surface area contributed by atoms with Gasteiger partial charge in [0.05, 0.1) is 11.0 Å². The van der Waals surface area contributed by atoms with Gasteiger partial charge < -0.3 is 5.73 Å². The summed E-state index contributed by atoms with van der Waals surface area (Å²) in [4.78, 5) is 4.70. The van der Waals surface area contributed by atoms with Crippen LogP contribution in [0.15, 0.2) is 42.5 Å². The van der Waals surface area contributed by atoms with Gasteiger partial charge >= 0.3 is 0 Å². The highest BCUT2D eigenvalue weighted by atomic mass is 19.1. The molecule has 0 aliphatic rings. The van der Waals surface area contributed by atoms with Crippen LogP contribution in [-0.2, 0) is 12.8 Å². The molecule has 2 aromatic carbocycles. The number of unbranched alkanes of at least 4 members (excludes halogenated alkanes) is 1. The summed E-state index contributed by atoms with van der Waals surface area (Å²) in [6, 6.07) is 13.1. The first-order valence-electron chi connectivity index (χ1n) is 8.19. The van der Waals surface area contributed by atoms with E-state index in [0.29, 0.717) is 6.54 Å². The number of halogens is 1. The Hall–Kier alpha value is -2.20. The molecule has 0 saturated heterocycles. The van der Waals surface area contributed by atoms with Crippen molar-refractivity contribution in [2.24, 2.45) is 5.73 Å². The van der Waals surface area contributed by atoms with Crippen LogP contribution in [-0.4, -0.2) is 16.1 Å². The van der Waals surface area contributed by atoms with Crippen LogP contribution in [0.5, 0.6) is 0 Å². The molecule has 23 heavy (non-hydrogen) atoms. The van der Waals surface area contributed by atoms with E-state index in [1.165, 1.54) is 11.6 Å². The maximum atomic E-state index is 13.7. The lowest BCUT2D eigenvalue weighted by molar-refractivity contribution is 0.629. The molecular formula is C19H22FN3. The van der Waals surface area contributed by atoms with Crippen LogP contribution in [0, 0.1) is 5.82 Å². The van der Waals surface area contributed by atoms with Gasteiger partial charge in [0.1, 0.15) is 11.6 Å². The Morgan fingerprint density at radius 3 is 2.57 bits per heavy atom. The molecule has 1 aromatic heterocycles. The lowest BCUT2D eigenvalue weighted by atomic mass is 10.1. The zero-order chi connectivity index (χ0) is 16.2. The largest absolute Gasteiger partial charge is 0.330 e. The highest BCUT2D eigenvalue weighted by molar-refractivity contribution is 5.78. The van der Waals surface area contributed by atoms with E-state index in [1.54, 1.807) is 12.1 Å². The number of fused-ring (bicyclic) bond motifs is 1.